The maximum absolute atomic E-state index is 13.2. The first-order chi connectivity index (χ1) is 15.8. The van der Waals surface area contributed by atoms with Crippen molar-refractivity contribution in [3.63, 3.8) is 0 Å². The molecular formula is C24H21FN4O3S. The van der Waals surface area contributed by atoms with E-state index in [9.17, 15) is 19.1 Å². The number of allylic oxidation sites excluding steroid dienone is 1. The third kappa shape index (κ3) is 4.83. The fourth-order valence-corrected chi connectivity index (χ4v) is 3.91. The van der Waals surface area contributed by atoms with Crippen LogP contribution in [0.1, 0.15) is 24.5 Å². The molecule has 33 heavy (non-hydrogen) atoms. The van der Waals surface area contributed by atoms with Gasteiger partial charge in [0.1, 0.15) is 11.4 Å². The zero-order chi connectivity index (χ0) is 23.5. The highest BCUT2D eigenvalue weighted by atomic mass is 32.1. The molecule has 0 atom stereocenters. The first-order valence-corrected chi connectivity index (χ1v) is 10.7. The van der Waals surface area contributed by atoms with Crippen LogP contribution in [0.2, 0.25) is 0 Å². The van der Waals surface area contributed by atoms with E-state index in [1.54, 1.807) is 12.1 Å². The topological polar surface area (TPSA) is 99.5 Å². The number of nitrogens with zero attached hydrogens (tertiary/aromatic N) is 2. The van der Waals surface area contributed by atoms with Crippen LogP contribution in [0.4, 0.5) is 4.39 Å². The molecule has 3 N–H and O–H groups in total. The number of aromatic hydroxyl groups is 1. The van der Waals surface area contributed by atoms with Crippen molar-refractivity contribution in [1.82, 2.24) is 14.9 Å². The van der Waals surface area contributed by atoms with Gasteiger partial charge in [0, 0.05) is 18.7 Å². The minimum absolute atomic E-state index is 0.00861. The smallest absolute Gasteiger partial charge is 0.262 e. The number of fused-ring (bicyclic) bond motifs is 1. The van der Waals surface area contributed by atoms with Gasteiger partial charge in [0.25, 0.3) is 5.56 Å². The molecule has 0 radical (unpaired) electrons. The van der Waals surface area contributed by atoms with Gasteiger partial charge in [0.2, 0.25) is 11.8 Å². The van der Waals surface area contributed by atoms with Crippen molar-refractivity contribution in [3.05, 3.63) is 96.9 Å². The largest absolute Gasteiger partial charge is 0.494 e. The highest BCUT2D eigenvalue weighted by Gasteiger charge is 2.17. The van der Waals surface area contributed by atoms with E-state index in [0.29, 0.717) is 24.2 Å². The molecule has 3 aromatic rings. The van der Waals surface area contributed by atoms with Crippen molar-refractivity contribution < 1.29 is 14.3 Å². The van der Waals surface area contributed by atoms with Crippen LogP contribution in [-0.2, 0) is 11.3 Å². The summed E-state index contributed by atoms with van der Waals surface area (Å²) in [6.07, 6.45) is 2.02. The lowest BCUT2D eigenvalue weighted by atomic mass is 10.1. The Balaban J connectivity index is 1.78. The molecule has 7 nitrogen and oxygen atoms in total. The van der Waals surface area contributed by atoms with Gasteiger partial charge in [0.15, 0.2) is 4.77 Å². The Morgan fingerprint density at radius 3 is 2.70 bits per heavy atom. The number of H-pyrrole nitrogens is 1. The van der Waals surface area contributed by atoms with Crippen molar-refractivity contribution in [1.29, 1.82) is 0 Å². The van der Waals surface area contributed by atoms with Crippen LogP contribution in [0.15, 0.2) is 64.0 Å². The van der Waals surface area contributed by atoms with E-state index in [2.05, 4.69) is 15.3 Å². The molecular weight excluding hydrogens is 443 g/mol. The molecule has 9 heteroatoms. The summed E-state index contributed by atoms with van der Waals surface area (Å²) in [4.78, 5) is 31.2. The Bertz CT molecular complexity index is 1500. The molecule has 2 aromatic carbocycles. The van der Waals surface area contributed by atoms with Crippen molar-refractivity contribution in [2.45, 2.75) is 19.9 Å². The summed E-state index contributed by atoms with van der Waals surface area (Å²) in [5.41, 5.74) is 1.54. The minimum atomic E-state index is -0.548. The van der Waals surface area contributed by atoms with E-state index < -0.39 is 5.56 Å². The summed E-state index contributed by atoms with van der Waals surface area (Å²) in [6.45, 7) is 2.00. The number of aromatic nitrogens is 2. The summed E-state index contributed by atoms with van der Waals surface area (Å²) in [6, 6.07) is 13.3. The lowest BCUT2D eigenvalue weighted by molar-refractivity contribution is -0.118. The Hall–Kier alpha value is -3.85. The zero-order valence-electron chi connectivity index (χ0n) is 17.8. The summed E-state index contributed by atoms with van der Waals surface area (Å²) >= 11 is 5.24. The maximum Gasteiger partial charge on any atom is 0.262 e. The Kier molecular flexibility index (Phi) is 6.32. The van der Waals surface area contributed by atoms with Crippen LogP contribution in [0.3, 0.4) is 0 Å². The van der Waals surface area contributed by atoms with E-state index in [0.717, 1.165) is 16.1 Å². The fourth-order valence-electron chi connectivity index (χ4n) is 3.67. The number of halogens is 1. The van der Waals surface area contributed by atoms with Crippen LogP contribution in [-0.4, -0.2) is 27.1 Å². The fraction of sp³-hybridized carbons (Fsp3) is 0.167. The van der Waals surface area contributed by atoms with Crippen LogP contribution in [0, 0.1) is 10.6 Å². The average molecular weight is 465 g/mol. The summed E-state index contributed by atoms with van der Waals surface area (Å²) in [5.74, 6) is -0.822. The molecule has 0 unspecified atom stereocenters. The molecule has 0 aliphatic carbocycles. The number of nitrogens with one attached hydrogen (secondary N) is 2. The van der Waals surface area contributed by atoms with Gasteiger partial charge in [-0.15, -0.1) is 0 Å². The third-order valence-electron chi connectivity index (χ3n) is 5.27. The number of carbonyl (C=O) groups is 1. The normalized spacial score (nSPS) is 13.6. The second-order valence-corrected chi connectivity index (χ2v) is 7.97. The van der Waals surface area contributed by atoms with Gasteiger partial charge in [-0.25, -0.2) is 9.38 Å². The van der Waals surface area contributed by atoms with Gasteiger partial charge < -0.3 is 10.4 Å². The Morgan fingerprint density at radius 2 is 1.97 bits per heavy atom. The Morgan fingerprint density at radius 1 is 1.24 bits per heavy atom. The number of carbonyl (C=O) groups excluding carboxylic acids is 1. The molecule has 0 saturated heterocycles. The van der Waals surface area contributed by atoms with Gasteiger partial charge in [-0.05, 0) is 54.1 Å². The predicted octanol–water partition coefficient (Wildman–Crippen LogP) is 2.15. The number of rotatable bonds is 6. The van der Waals surface area contributed by atoms with E-state index in [1.807, 2.05) is 24.3 Å². The Labute approximate surface area is 193 Å². The SMILES string of the molecule is CC(=O)NCCC1=c2ccccc2=NC1=Cc1c(O)n(Cc2ccc(F)cc2)c(=S)[nH]c1=O. The first kappa shape index (κ1) is 22.3. The lowest BCUT2D eigenvalue weighted by Gasteiger charge is -2.12. The second-order valence-electron chi connectivity index (χ2n) is 7.58. The molecule has 0 fully saturated rings. The molecule has 1 amide bonds. The van der Waals surface area contributed by atoms with E-state index >= 15 is 0 Å². The number of amides is 1. The molecule has 0 spiro atoms. The number of hydrogen-bond donors (Lipinski definition) is 3. The number of benzene rings is 2. The van der Waals surface area contributed by atoms with Gasteiger partial charge in [-0.3, -0.25) is 19.1 Å². The minimum Gasteiger partial charge on any atom is -0.494 e. The quantitative estimate of drug-likeness (QED) is 0.487. The molecule has 4 rings (SSSR count). The van der Waals surface area contributed by atoms with E-state index in [4.69, 9.17) is 12.2 Å². The molecule has 0 bridgehead atoms. The summed E-state index contributed by atoms with van der Waals surface area (Å²) in [5, 5.41) is 15.3. The van der Waals surface area contributed by atoms with Crippen LogP contribution >= 0.6 is 12.2 Å². The van der Waals surface area contributed by atoms with Gasteiger partial charge in [-0.1, -0.05) is 30.3 Å². The number of aromatic amines is 1. The third-order valence-corrected chi connectivity index (χ3v) is 5.59. The molecule has 168 valence electrons. The zero-order valence-corrected chi connectivity index (χ0v) is 18.6. The highest BCUT2D eigenvalue weighted by molar-refractivity contribution is 7.71. The van der Waals surface area contributed by atoms with Crippen molar-refractivity contribution in [3.8, 4) is 5.88 Å². The predicted molar refractivity (Wildman–Crippen MR) is 125 cm³/mol. The van der Waals surface area contributed by atoms with Crippen molar-refractivity contribution in [2.24, 2.45) is 4.99 Å². The molecule has 1 aliphatic rings. The van der Waals surface area contributed by atoms with Crippen LogP contribution in [0.25, 0.3) is 11.6 Å². The van der Waals surface area contributed by atoms with Crippen LogP contribution in [0.5, 0.6) is 5.88 Å². The maximum atomic E-state index is 13.2. The van der Waals surface area contributed by atoms with E-state index in [1.165, 1.54) is 29.7 Å². The van der Waals surface area contributed by atoms with E-state index in [-0.39, 0.29) is 34.5 Å². The summed E-state index contributed by atoms with van der Waals surface area (Å²) in [7, 11) is 0. The van der Waals surface area contributed by atoms with Gasteiger partial charge >= 0.3 is 0 Å². The molecule has 0 saturated carbocycles. The molecule has 1 aromatic heterocycles. The molecule has 1 aliphatic heterocycles. The van der Waals surface area contributed by atoms with Crippen molar-refractivity contribution in [2.75, 3.05) is 6.54 Å². The van der Waals surface area contributed by atoms with Gasteiger partial charge in [0.05, 0.1) is 17.6 Å². The van der Waals surface area contributed by atoms with Crippen molar-refractivity contribution >= 4 is 29.8 Å². The lowest BCUT2D eigenvalue weighted by Crippen LogP contribution is -2.25. The standard InChI is InChI=1S/C24H21FN4O3S/c1-14(30)26-11-10-18-17-4-2-3-5-20(17)27-21(18)12-19-22(31)28-24(33)29(23(19)32)13-15-6-8-16(25)9-7-15/h2-9,12,32H,10-11,13H2,1H3,(H,26,30)(H,28,31,33). The summed E-state index contributed by atoms with van der Waals surface area (Å²) < 4.78 is 14.7. The van der Waals surface area contributed by atoms with Gasteiger partial charge in [-0.2, -0.15) is 0 Å². The number of para-hydroxylation sites is 1. The van der Waals surface area contributed by atoms with Crippen LogP contribution < -0.4 is 21.5 Å². The monoisotopic (exact) mass is 464 g/mol. The highest BCUT2D eigenvalue weighted by Crippen LogP contribution is 2.24. The first-order valence-electron chi connectivity index (χ1n) is 10.3. The average Bonchev–Trinajstić information content (AvgIpc) is 3.12. The number of hydrogen-bond acceptors (Lipinski definition) is 5. The second kappa shape index (κ2) is 9.33. The molecule has 2 heterocycles.